The zero-order valence-corrected chi connectivity index (χ0v) is 14.5. The predicted octanol–water partition coefficient (Wildman–Crippen LogP) is 3.08. The first-order valence-electron chi connectivity index (χ1n) is 6.79. The largest absolute Gasteiger partial charge is 0.496 e. The molecule has 0 aromatic heterocycles. The summed E-state index contributed by atoms with van der Waals surface area (Å²) < 4.78 is 31.5. The molecule has 0 aliphatic carbocycles. The van der Waals surface area contributed by atoms with Crippen LogP contribution >= 0.6 is 11.6 Å². The maximum absolute atomic E-state index is 12.6. The van der Waals surface area contributed by atoms with Crippen LogP contribution in [-0.4, -0.2) is 31.8 Å². The van der Waals surface area contributed by atoms with E-state index in [0.717, 1.165) is 16.4 Å². The van der Waals surface area contributed by atoms with Gasteiger partial charge in [0.1, 0.15) is 5.75 Å². The van der Waals surface area contributed by atoms with Crippen LogP contribution in [0.4, 0.5) is 5.69 Å². The molecule has 0 bridgehead atoms. The summed E-state index contributed by atoms with van der Waals surface area (Å²) in [6, 6.07) is 9.65. The number of ether oxygens (including phenoxy) is 1. The lowest BCUT2D eigenvalue weighted by molar-refractivity contribution is -0.384. The number of nitro groups is 1. The molecule has 0 atom stereocenters. The molecule has 2 aromatic rings. The lowest BCUT2D eigenvalue weighted by Crippen LogP contribution is -2.26. The van der Waals surface area contributed by atoms with Gasteiger partial charge in [-0.2, -0.15) is 4.31 Å². The van der Waals surface area contributed by atoms with Crippen LogP contribution in [0.3, 0.4) is 0 Å². The van der Waals surface area contributed by atoms with Gasteiger partial charge >= 0.3 is 0 Å². The fourth-order valence-corrected chi connectivity index (χ4v) is 3.46. The topological polar surface area (TPSA) is 89.8 Å². The van der Waals surface area contributed by atoms with Gasteiger partial charge in [0.2, 0.25) is 10.0 Å². The Morgan fingerprint density at radius 1 is 1.21 bits per heavy atom. The molecule has 0 N–H and O–H groups in total. The second-order valence-corrected chi connectivity index (χ2v) is 7.45. The number of benzene rings is 2. The highest BCUT2D eigenvalue weighted by Crippen LogP contribution is 2.26. The van der Waals surface area contributed by atoms with Gasteiger partial charge in [-0.25, -0.2) is 8.42 Å². The van der Waals surface area contributed by atoms with Crippen molar-refractivity contribution in [2.75, 3.05) is 14.2 Å². The van der Waals surface area contributed by atoms with Crippen LogP contribution in [0.25, 0.3) is 0 Å². The number of hydrogen-bond acceptors (Lipinski definition) is 5. The van der Waals surface area contributed by atoms with Gasteiger partial charge in [0, 0.05) is 36.3 Å². The lowest BCUT2D eigenvalue weighted by Gasteiger charge is -2.19. The van der Waals surface area contributed by atoms with Gasteiger partial charge in [-0.15, -0.1) is 0 Å². The average molecular weight is 371 g/mol. The summed E-state index contributed by atoms with van der Waals surface area (Å²) in [4.78, 5) is 10.0. The molecule has 24 heavy (non-hydrogen) atoms. The molecule has 0 saturated heterocycles. The molecule has 0 saturated carbocycles. The molecule has 0 spiro atoms. The van der Waals surface area contributed by atoms with Crippen LogP contribution in [0, 0.1) is 10.1 Å². The maximum Gasteiger partial charge on any atom is 0.269 e. The van der Waals surface area contributed by atoms with Crippen LogP contribution in [0.5, 0.6) is 5.75 Å². The first-order chi connectivity index (χ1) is 11.3. The van der Waals surface area contributed by atoms with Crippen molar-refractivity contribution < 1.29 is 18.1 Å². The van der Waals surface area contributed by atoms with E-state index in [4.69, 9.17) is 16.3 Å². The Kier molecular flexibility index (Phi) is 5.43. The molecule has 0 aliphatic heterocycles. The van der Waals surface area contributed by atoms with E-state index < -0.39 is 14.9 Å². The fraction of sp³-hybridized carbons (Fsp3) is 0.200. The SMILES string of the molecule is COc1ccc(Cl)cc1CN(C)S(=O)(=O)c1ccc([N+](=O)[O-])cc1. The third-order valence-corrected chi connectivity index (χ3v) is 5.44. The molecule has 2 rings (SSSR count). The summed E-state index contributed by atoms with van der Waals surface area (Å²) in [5.41, 5.74) is 0.436. The quantitative estimate of drug-likeness (QED) is 0.575. The highest BCUT2D eigenvalue weighted by atomic mass is 35.5. The maximum atomic E-state index is 12.6. The number of nitrogens with zero attached hydrogens (tertiary/aromatic N) is 2. The molecule has 0 radical (unpaired) electrons. The van der Waals surface area contributed by atoms with Gasteiger partial charge < -0.3 is 4.74 Å². The molecule has 128 valence electrons. The van der Waals surface area contributed by atoms with Crippen molar-refractivity contribution >= 4 is 27.3 Å². The molecule has 0 unspecified atom stereocenters. The zero-order valence-electron chi connectivity index (χ0n) is 13.0. The van der Waals surface area contributed by atoms with E-state index in [0.29, 0.717) is 16.3 Å². The molecule has 0 heterocycles. The monoisotopic (exact) mass is 370 g/mol. The van der Waals surface area contributed by atoms with E-state index in [1.165, 1.54) is 26.3 Å². The number of halogens is 1. The third kappa shape index (κ3) is 3.84. The summed E-state index contributed by atoms with van der Waals surface area (Å²) in [6.07, 6.45) is 0. The highest BCUT2D eigenvalue weighted by molar-refractivity contribution is 7.89. The molecule has 0 fully saturated rings. The average Bonchev–Trinajstić information content (AvgIpc) is 2.55. The molecular weight excluding hydrogens is 356 g/mol. The molecule has 0 amide bonds. The molecule has 9 heteroatoms. The van der Waals surface area contributed by atoms with Crippen molar-refractivity contribution in [2.45, 2.75) is 11.4 Å². The normalized spacial score (nSPS) is 11.5. The number of nitro benzene ring substituents is 1. The fourth-order valence-electron chi connectivity index (χ4n) is 2.12. The molecular formula is C15H15ClN2O5S. The van der Waals surface area contributed by atoms with Gasteiger partial charge in [-0.1, -0.05) is 11.6 Å². The Morgan fingerprint density at radius 3 is 2.38 bits per heavy atom. The Bertz CT molecular complexity index is 853. The van der Waals surface area contributed by atoms with Gasteiger partial charge in [0.15, 0.2) is 0 Å². The van der Waals surface area contributed by atoms with Crippen molar-refractivity contribution in [2.24, 2.45) is 0 Å². The smallest absolute Gasteiger partial charge is 0.269 e. The van der Waals surface area contributed by atoms with Crippen LogP contribution in [0.1, 0.15) is 5.56 Å². The van der Waals surface area contributed by atoms with Crippen molar-refractivity contribution in [3.8, 4) is 5.75 Å². The summed E-state index contributed by atoms with van der Waals surface area (Å²) in [7, 11) is -0.908. The summed E-state index contributed by atoms with van der Waals surface area (Å²) in [5.74, 6) is 0.519. The molecule has 7 nitrogen and oxygen atoms in total. The van der Waals surface area contributed by atoms with Crippen molar-refractivity contribution in [3.63, 3.8) is 0 Å². The number of rotatable bonds is 6. The van der Waals surface area contributed by atoms with Gasteiger partial charge in [-0.05, 0) is 30.3 Å². The Morgan fingerprint density at radius 2 is 1.83 bits per heavy atom. The Balaban J connectivity index is 2.29. The third-order valence-electron chi connectivity index (χ3n) is 3.39. The van der Waals surface area contributed by atoms with Crippen LogP contribution in [-0.2, 0) is 16.6 Å². The minimum atomic E-state index is -3.81. The number of sulfonamides is 1. The Labute approximate surface area is 144 Å². The van der Waals surface area contributed by atoms with E-state index in [-0.39, 0.29) is 17.1 Å². The lowest BCUT2D eigenvalue weighted by atomic mass is 10.2. The van der Waals surface area contributed by atoms with Crippen LogP contribution in [0.2, 0.25) is 5.02 Å². The van der Waals surface area contributed by atoms with E-state index in [9.17, 15) is 18.5 Å². The van der Waals surface area contributed by atoms with Gasteiger partial charge in [0.25, 0.3) is 5.69 Å². The minimum Gasteiger partial charge on any atom is -0.496 e. The van der Waals surface area contributed by atoms with Gasteiger partial charge in [-0.3, -0.25) is 10.1 Å². The number of hydrogen-bond donors (Lipinski definition) is 0. The number of methoxy groups -OCH3 is 1. The van der Waals surface area contributed by atoms with Crippen molar-refractivity contribution in [1.29, 1.82) is 0 Å². The highest BCUT2D eigenvalue weighted by Gasteiger charge is 2.23. The number of non-ortho nitro benzene ring substituents is 1. The van der Waals surface area contributed by atoms with Gasteiger partial charge in [0.05, 0.1) is 16.9 Å². The first-order valence-corrected chi connectivity index (χ1v) is 8.60. The van der Waals surface area contributed by atoms with E-state index in [1.807, 2.05) is 0 Å². The predicted molar refractivity (Wildman–Crippen MR) is 89.8 cm³/mol. The second kappa shape index (κ2) is 7.16. The Hall–Kier alpha value is -2.16. The van der Waals surface area contributed by atoms with Crippen molar-refractivity contribution in [1.82, 2.24) is 4.31 Å². The summed E-state index contributed by atoms with van der Waals surface area (Å²) >= 11 is 5.95. The zero-order chi connectivity index (χ0) is 17.9. The van der Waals surface area contributed by atoms with Crippen LogP contribution in [0.15, 0.2) is 47.4 Å². The van der Waals surface area contributed by atoms with E-state index >= 15 is 0 Å². The summed E-state index contributed by atoms with van der Waals surface area (Å²) in [6.45, 7) is 0.0447. The summed E-state index contributed by atoms with van der Waals surface area (Å²) in [5, 5.41) is 11.1. The second-order valence-electron chi connectivity index (χ2n) is 4.97. The molecule has 0 aliphatic rings. The minimum absolute atomic E-state index is 0.0309. The standard InChI is InChI=1S/C15H15ClN2O5S/c1-17(10-11-9-12(16)3-8-15(11)23-2)24(21,22)14-6-4-13(5-7-14)18(19)20/h3-9H,10H2,1-2H3. The first kappa shape index (κ1) is 18.2. The van der Waals surface area contributed by atoms with Crippen LogP contribution < -0.4 is 4.74 Å². The van der Waals surface area contributed by atoms with E-state index in [2.05, 4.69) is 0 Å². The molecule has 2 aromatic carbocycles. The van der Waals surface area contributed by atoms with E-state index in [1.54, 1.807) is 18.2 Å². The van der Waals surface area contributed by atoms with Crippen molar-refractivity contribution in [3.05, 3.63) is 63.2 Å².